The number of benzene rings is 1. The van der Waals surface area contributed by atoms with E-state index in [9.17, 15) is 4.39 Å². The summed E-state index contributed by atoms with van der Waals surface area (Å²) in [5.74, 6) is 0.356. The Balaban J connectivity index is 1.15. The molecule has 0 amide bonds. The lowest BCUT2D eigenvalue weighted by atomic mass is 9.80. The third kappa shape index (κ3) is 4.63. The molecule has 2 aromatic heterocycles. The van der Waals surface area contributed by atoms with E-state index >= 15 is 4.39 Å². The molecular formula is C27H33F2N9O. The molecule has 3 aromatic rings. The van der Waals surface area contributed by atoms with Crippen molar-refractivity contribution in [3.05, 3.63) is 41.4 Å². The van der Waals surface area contributed by atoms with Crippen LogP contribution in [-0.4, -0.2) is 73.5 Å². The van der Waals surface area contributed by atoms with E-state index in [2.05, 4.69) is 54.9 Å². The lowest BCUT2D eigenvalue weighted by Crippen LogP contribution is -2.47. The largest absolute Gasteiger partial charge is 0.380 e. The molecule has 0 unspecified atom stereocenters. The molecule has 1 aliphatic carbocycles. The van der Waals surface area contributed by atoms with E-state index in [-0.39, 0.29) is 40.7 Å². The first kappa shape index (κ1) is 24.8. The molecule has 5 heterocycles. The topological polar surface area (TPSA) is 106 Å². The average Bonchev–Trinajstić information content (AvgIpc) is 3.55. The van der Waals surface area contributed by atoms with E-state index in [1.165, 1.54) is 12.5 Å². The molecule has 2 atom stereocenters. The molecule has 12 heteroatoms. The molecule has 1 saturated carbocycles. The van der Waals surface area contributed by atoms with E-state index < -0.39 is 11.6 Å². The van der Waals surface area contributed by atoms with Crippen LogP contribution in [-0.2, 0) is 4.74 Å². The first-order valence-electron chi connectivity index (χ1n) is 13.9. The summed E-state index contributed by atoms with van der Waals surface area (Å²) in [5.41, 5.74) is 2.01. The summed E-state index contributed by atoms with van der Waals surface area (Å²) < 4.78 is 37.1. The third-order valence-electron chi connectivity index (χ3n) is 8.85. The summed E-state index contributed by atoms with van der Waals surface area (Å²) in [4.78, 5) is 11.0. The molecule has 4 fully saturated rings. The van der Waals surface area contributed by atoms with Gasteiger partial charge in [0.15, 0.2) is 17.5 Å². The number of ether oxygens (including phenoxy) is 1. The van der Waals surface area contributed by atoms with Crippen molar-refractivity contribution in [1.29, 1.82) is 0 Å². The fraction of sp³-hybridized carbons (Fsp3) is 0.593. The average molecular weight is 538 g/mol. The van der Waals surface area contributed by atoms with Crippen molar-refractivity contribution in [2.45, 2.75) is 69.9 Å². The zero-order chi connectivity index (χ0) is 26.7. The van der Waals surface area contributed by atoms with Gasteiger partial charge in [0.2, 0.25) is 5.95 Å². The maximum absolute atomic E-state index is 15.3. The minimum atomic E-state index is -0.528. The fourth-order valence-corrected chi connectivity index (χ4v) is 6.25. The van der Waals surface area contributed by atoms with Gasteiger partial charge in [-0.25, -0.2) is 13.8 Å². The van der Waals surface area contributed by atoms with Crippen molar-refractivity contribution in [3.63, 3.8) is 0 Å². The Morgan fingerprint density at radius 2 is 1.90 bits per heavy atom. The molecule has 2 N–H and O–H groups in total. The Labute approximate surface area is 225 Å². The van der Waals surface area contributed by atoms with Gasteiger partial charge in [0.05, 0.1) is 36.7 Å². The Morgan fingerprint density at radius 1 is 1.05 bits per heavy atom. The highest BCUT2D eigenvalue weighted by atomic mass is 19.1. The van der Waals surface area contributed by atoms with E-state index in [1.807, 2.05) is 0 Å². The van der Waals surface area contributed by atoms with Gasteiger partial charge in [-0.05, 0) is 78.1 Å². The summed E-state index contributed by atoms with van der Waals surface area (Å²) in [5, 5.41) is 18.6. The maximum Gasteiger partial charge on any atom is 0.229 e. The fourth-order valence-electron chi connectivity index (χ4n) is 6.25. The molecule has 3 aliphatic heterocycles. The number of fused-ring (bicyclic) bond motifs is 1. The van der Waals surface area contributed by atoms with Crippen LogP contribution in [0.3, 0.4) is 0 Å². The van der Waals surface area contributed by atoms with Crippen molar-refractivity contribution in [3.8, 4) is 5.69 Å². The summed E-state index contributed by atoms with van der Waals surface area (Å²) in [6.45, 7) is 7.83. The van der Waals surface area contributed by atoms with Crippen LogP contribution in [0, 0.1) is 17.0 Å². The zero-order valence-electron chi connectivity index (χ0n) is 22.2. The first-order chi connectivity index (χ1) is 18.9. The van der Waals surface area contributed by atoms with Gasteiger partial charge in [0, 0.05) is 18.6 Å². The van der Waals surface area contributed by atoms with Crippen molar-refractivity contribution >= 4 is 17.5 Å². The zero-order valence-corrected chi connectivity index (χ0v) is 22.2. The summed E-state index contributed by atoms with van der Waals surface area (Å²) in [7, 11) is 0. The molecule has 0 spiro atoms. The number of anilines is 3. The maximum atomic E-state index is 15.3. The second-order valence-electron chi connectivity index (χ2n) is 12.0. The van der Waals surface area contributed by atoms with E-state index in [0.717, 1.165) is 56.2 Å². The minimum Gasteiger partial charge on any atom is -0.380 e. The number of piperidine rings is 1. The van der Waals surface area contributed by atoms with Gasteiger partial charge in [0.25, 0.3) is 0 Å². The number of halogens is 2. The number of nitrogens with one attached hydrogen (secondary N) is 2. The van der Waals surface area contributed by atoms with Gasteiger partial charge in [0.1, 0.15) is 5.82 Å². The molecule has 7 rings (SSSR count). The van der Waals surface area contributed by atoms with Crippen LogP contribution in [0.5, 0.6) is 0 Å². The van der Waals surface area contributed by atoms with Gasteiger partial charge >= 0.3 is 0 Å². The number of hydrogen-bond donors (Lipinski definition) is 2. The molecule has 0 radical (unpaired) electrons. The monoisotopic (exact) mass is 537 g/mol. The summed E-state index contributed by atoms with van der Waals surface area (Å²) in [6.07, 6.45) is 6.14. The number of aromatic nitrogens is 6. The number of tetrazole rings is 1. The van der Waals surface area contributed by atoms with Crippen LogP contribution in [0.2, 0.25) is 0 Å². The highest BCUT2D eigenvalue weighted by Gasteiger charge is 2.43. The van der Waals surface area contributed by atoms with Gasteiger partial charge in [-0.1, -0.05) is 13.8 Å². The normalized spacial score (nSPS) is 24.8. The number of hydrogen-bond acceptors (Lipinski definition) is 9. The highest BCUT2D eigenvalue weighted by molar-refractivity contribution is 5.63. The smallest absolute Gasteiger partial charge is 0.229 e. The first-order valence-corrected chi connectivity index (χ1v) is 13.9. The Hall–Kier alpha value is -3.25. The standard InChI is InChI=1S/C27H33F2N9O/c1-27(2)6-8-37-7-5-17(9-23(27)37)31-24-20(29)12-30-26(33-24)32-21-11-22(18(10-19(21)28)15-3-4-15)38-25(34-35-36-38)16-13-39-14-16/h10-12,15-17,23H,3-9,13-14H2,1-2H3,(H2,30,31,32,33)/t17-,23-/m0/s1. The van der Waals surface area contributed by atoms with Crippen LogP contribution in [0.1, 0.15) is 69.2 Å². The minimum absolute atomic E-state index is 0.101. The third-order valence-corrected chi connectivity index (χ3v) is 8.85. The van der Waals surface area contributed by atoms with Crippen molar-refractivity contribution in [1.82, 2.24) is 35.1 Å². The van der Waals surface area contributed by atoms with Crippen molar-refractivity contribution in [2.24, 2.45) is 5.41 Å². The molecule has 39 heavy (non-hydrogen) atoms. The summed E-state index contributed by atoms with van der Waals surface area (Å²) in [6, 6.07) is 3.81. The Morgan fingerprint density at radius 3 is 2.67 bits per heavy atom. The molecule has 3 saturated heterocycles. The molecular weight excluding hydrogens is 504 g/mol. The lowest BCUT2D eigenvalue weighted by Gasteiger charge is -2.40. The number of nitrogens with zero attached hydrogens (tertiary/aromatic N) is 7. The van der Waals surface area contributed by atoms with Crippen LogP contribution in [0.25, 0.3) is 5.69 Å². The van der Waals surface area contributed by atoms with Gasteiger partial charge in [-0.2, -0.15) is 9.67 Å². The quantitative estimate of drug-likeness (QED) is 0.460. The second-order valence-corrected chi connectivity index (χ2v) is 12.0. The molecule has 1 aromatic carbocycles. The molecule has 10 nitrogen and oxygen atoms in total. The van der Waals surface area contributed by atoms with Gasteiger partial charge in [-0.3, -0.25) is 4.90 Å². The summed E-state index contributed by atoms with van der Waals surface area (Å²) >= 11 is 0. The predicted molar refractivity (Wildman–Crippen MR) is 140 cm³/mol. The number of rotatable bonds is 7. The van der Waals surface area contributed by atoms with Crippen LogP contribution in [0.4, 0.5) is 26.2 Å². The molecule has 206 valence electrons. The SMILES string of the molecule is CC1(C)CCN2CC[C@H](Nc3nc(Nc4cc(-n5nnnc5C5COC5)c(C5CC5)cc4F)ncc3F)C[C@H]21. The molecule has 4 aliphatic rings. The Bertz CT molecular complexity index is 1390. The predicted octanol–water partition coefficient (Wildman–Crippen LogP) is 4.14. The van der Waals surface area contributed by atoms with Crippen molar-refractivity contribution < 1.29 is 13.5 Å². The van der Waals surface area contributed by atoms with Crippen LogP contribution < -0.4 is 10.6 Å². The van der Waals surface area contributed by atoms with E-state index in [4.69, 9.17) is 4.74 Å². The van der Waals surface area contributed by atoms with E-state index in [0.29, 0.717) is 25.1 Å². The van der Waals surface area contributed by atoms with Crippen LogP contribution >= 0.6 is 0 Å². The van der Waals surface area contributed by atoms with E-state index in [1.54, 1.807) is 10.7 Å². The lowest BCUT2D eigenvalue weighted by molar-refractivity contribution is 0.00391. The van der Waals surface area contributed by atoms with Crippen LogP contribution in [0.15, 0.2) is 18.3 Å². The Kier molecular flexibility index (Phi) is 6.00. The van der Waals surface area contributed by atoms with Crippen molar-refractivity contribution in [2.75, 3.05) is 36.9 Å². The molecule has 0 bridgehead atoms. The van der Waals surface area contributed by atoms with Gasteiger partial charge in [-0.15, -0.1) is 5.10 Å². The second kappa shape index (κ2) is 9.44. The highest BCUT2D eigenvalue weighted by Crippen LogP contribution is 2.45. The van der Waals surface area contributed by atoms with Gasteiger partial charge < -0.3 is 15.4 Å².